The SMILES string of the molecule is Cn1c(=O)n(C2CCC(=O)NC2=O)c2cccc(CCCOC3CCN(CC4CCC(n5cc(NC(=O)c6cnn7ccc(N8C[C@H]9CC[C@@H](C8)O9)nc67)c(C(F)F)n5)CC4)CC3)c21. The maximum Gasteiger partial charge on any atom is 0.329 e. The van der Waals surface area contributed by atoms with Crippen LogP contribution >= 0.6 is 0 Å². The second-order valence-corrected chi connectivity index (χ2v) is 18.2. The minimum atomic E-state index is -2.86. The molecule has 17 nitrogen and oxygen atoms in total. The summed E-state index contributed by atoms with van der Waals surface area (Å²) in [5.74, 6) is -0.0892. The third-order valence-electron chi connectivity index (χ3n) is 14.1. The van der Waals surface area contributed by atoms with Gasteiger partial charge in [0.25, 0.3) is 12.3 Å². The van der Waals surface area contributed by atoms with Gasteiger partial charge in [-0.05, 0) is 94.2 Å². The van der Waals surface area contributed by atoms with Crippen molar-refractivity contribution in [3.05, 3.63) is 70.2 Å². The summed E-state index contributed by atoms with van der Waals surface area (Å²) in [7, 11) is 1.73. The summed E-state index contributed by atoms with van der Waals surface area (Å²) in [5.41, 5.74) is 2.36. The first-order valence-electron chi connectivity index (χ1n) is 22.9. The Hall–Kier alpha value is -5.53. The van der Waals surface area contributed by atoms with Gasteiger partial charge in [0, 0.05) is 65.2 Å². The summed E-state index contributed by atoms with van der Waals surface area (Å²) in [6.07, 6.45) is 11.9. The molecule has 1 aliphatic carbocycles. The average molecular weight is 884 g/mol. The number of hydrogen-bond acceptors (Lipinski definition) is 11. The molecule has 1 unspecified atom stereocenters. The van der Waals surface area contributed by atoms with Crippen molar-refractivity contribution < 1.29 is 32.6 Å². The minimum absolute atomic E-state index is 0.00138. The largest absolute Gasteiger partial charge is 0.378 e. The number of benzene rings is 1. The number of imide groups is 1. The minimum Gasteiger partial charge on any atom is -0.378 e. The number of rotatable bonds is 13. The lowest BCUT2D eigenvalue weighted by Gasteiger charge is -2.36. The molecule has 5 fully saturated rings. The number of anilines is 2. The van der Waals surface area contributed by atoms with Crippen LogP contribution in [0, 0.1) is 5.92 Å². The normalized spacial score (nSPS) is 24.6. The Balaban J connectivity index is 0.682. The van der Waals surface area contributed by atoms with Gasteiger partial charge in [0.1, 0.15) is 17.4 Å². The highest BCUT2D eigenvalue weighted by molar-refractivity contribution is 6.08. The van der Waals surface area contributed by atoms with E-state index in [2.05, 4.69) is 30.6 Å². The van der Waals surface area contributed by atoms with Crippen LogP contribution < -0.4 is 21.2 Å². The molecule has 340 valence electrons. The van der Waals surface area contributed by atoms with Crippen molar-refractivity contribution in [1.29, 1.82) is 0 Å². The van der Waals surface area contributed by atoms with E-state index in [0.717, 1.165) is 114 Å². The van der Waals surface area contributed by atoms with E-state index in [4.69, 9.17) is 14.5 Å². The first-order valence-corrected chi connectivity index (χ1v) is 22.9. The lowest BCUT2D eigenvalue weighted by Crippen LogP contribution is -2.44. The Labute approximate surface area is 368 Å². The van der Waals surface area contributed by atoms with Gasteiger partial charge < -0.3 is 24.6 Å². The number of likely N-dealkylation sites (tertiary alicyclic amines) is 1. The molecule has 4 saturated heterocycles. The fraction of sp³-hybridized carbons (Fsp3) is 0.578. The Morgan fingerprint density at radius 2 is 1.78 bits per heavy atom. The number of imidazole rings is 1. The van der Waals surface area contributed by atoms with Crippen molar-refractivity contribution in [1.82, 2.24) is 43.7 Å². The van der Waals surface area contributed by atoms with E-state index in [1.54, 1.807) is 28.7 Å². The first kappa shape index (κ1) is 42.4. The fourth-order valence-electron chi connectivity index (χ4n) is 10.7. The average Bonchev–Trinajstić information content (AvgIpc) is 4.07. The van der Waals surface area contributed by atoms with Crippen molar-refractivity contribution >= 4 is 45.9 Å². The summed E-state index contributed by atoms with van der Waals surface area (Å²) in [5, 5.41) is 13.7. The monoisotopic (exact) mass is 883 g/mol. The second-order valence-electron chi connectivity index (χ2n) is 18.2. The number of para-hydroxylation sites is 1. The summed E-state index contributed by atoms with van der Waals surface area (Å²) >= 11 is 0. The van der Waals surface area contributed by atoms with Crippen LogP contribution in [0.1, 0.15) is 111 Å². The summed E-state index contributed by atoms with van der Waals surface area (Å²) in [6, 6.07) is 6.90. The highest BCUT2D eigenvalue weighted by atomic mass is 19.3. The van der Waals surface area contributed by atoms with Crippen LogP contribution in [-0.2, 0) is 32.5 Å². The third-order valence-corrected chi connectivity index (χ3v) is 14.1. The number of amides is 3. The molecule has 3 amide bonds. The number of aromatic nitrogens is 7. The molecule has 8 heterocycles. The maximum atomic E-state index is 14.3. The zero-order valence-corrected chi connectivity index (χ0v) is 36.0. The van der Waals surface area contributed by atoms with Crippen LogP contribution in [0.4, 0.5) is 20.3 Å². The number of fused-ring (bicyclic) bond motifs is 4. The molecule has 0 spiro atoms. The first-order chi connectivity index (χ1) is 31.1. The van der Waals surface area contributed by atoms with Crippen molar-refractivity contribution in [2.24, 2.45) is 13.0 Å². The van der Waals surface area contributed by atoms with Crippen molar-refractivity contribution in [2.45, 2.75) is 114 Å². The molecule has 5 aliphatic rings. The van der Waals surface area contributed by atoms with Gasteiger partial charge >= 0.3 is 5.69 Å². The number of hydrogen-bond donors (Lipinski definition) is 2. The van der Waals surface area contributed by atoms with E-state index in [1.165, 1.54) is 15.3 Å². The number of ether oxygens (including phenoxy) is 2. The summed E-state index contributed by atoms with van der Waals surface area (Å²) in [4.78, 5) is 60.7. The molecule has 1 aromatic carbocycles. The van der Waals surface area contributed by atoms with Gasteiger partial charge in [-0.25, -0.2) is 23.1 Å². The predicted octanol–water partition coefficient (Wildman–Crippen LogP) is 4.96. The number of piperidine rings is 2. The Morgan fingerprint density at radius 3 is 2.53 bits per heavy atom. The van der Waals surface area contributed by atoms with Gasteiger partial charge in [-0.15, -0.1) is 0 Å². The Morgan fingerprint density at radius 1 is 1.00 bits per heavy atom. The fourth-order valence-corrected chi connectivity index (χ4v) is 10.7. The second kappa shape index (κ2) is 17.8. The number of carbonyl (C=O) groups excluding carboxylic acids is 3. The molecular formula is C45H55F2N11O6. The van der Waals surface area contributed by atoms with E-state index in [0.29, 0.717) is 30.1 Å². The molecule has 0 radical (unpaired) electrons. The zero-order chi connectivity index (χ0) is 44.1. The number of halogens is 2. The zero-order valence-electron chi connectivity index (χ0n) is 36.0. The topological polar surface area (TPSA) is 175 Å². The molecule has 10 rings (SSSR count). The van der Waals surface area contributed by atoms with Crippen LogP contribution in [0.15, 0.2) is 47.7 Å². The van der Waals surface area contributed by atoms with Crippen LogP contribution in [0.5, 0.6) is 0 Å². The summed E-state index contributed by atoms with van der Waals surface area (Å²) in [6.45, 7) is 4.97. The molecule has 2 bridgehead atoms. The number of morpholine rings is 1. The number of nitrogens with zero attached hydrogens (tertiary/aromatic N) is 9. The van der Waals surface area contributed by atoms with Crippen molar-refractivity contribution in [3.8, 4) is 0 Å². The van der Waals surface area contributed by atoms with Gasteiger partial charge in [-0.1, -0.05) is 12.1 Å². The molecule has 1 saturated carbocycles. The maximum absolute atomic E-state index is 14.3. The van der Waals surface area contributed by atoms with E-state index in [-0.39, 0.29) is 53.6 Å². The Kier molecular flexibility index (Phi) is 11.8. The molecule has 4 aromatic heterocycles. The van der Waals surface area contributed by atoms with E-state index >= 15 is 0 Å². The number of carbonyl (C=O) groups is 3. The van der Waals surface area contributed by atoms with E-state index in [9.17, 15) is 28.0 Å². The molecule has 3 atom stereocenters. The van der Waals surface area contributed by atoms with Gasteiger partial charge in [0.15, 0.2) is 11.3 Å². The van der Waals surface area contributed by atoms with Crippen LogP contribution in [0.3, 0.4) is 0 Å². The van der Waals surface area contributed by atoms with E-state index < -0.39 is 30.0 Å². The van der Waals surface area contributed by atoms with Crippen LogP contribution in [0.25, 0.3) is 16.7 Å². The van der Waals surface area contributed by atoms with Gasteiger partial charge in [-0.3, -0.25) is 33.5 Å². The molecule has 19 heteroatoms. The third kappa shape index (κ3) is 8.44. The quantitative estimate of drug-likeness (QED) is 0.121. The molecule has 64 heavy (non-hydrogen) atoms. The van der Waals surface area contributed by atoms with Crippen LogP contribution in [0.2, 0.25) is 0 Å². The molecular weight excluding hydrogens is 829 g/mol. The van der Waals surface area contributed by atoms with Crippen molar-refractivity contribution in [2.75, 3.05) is 49.5 Å². The number of aryl methyl sites for hydroxylation is 2. The smallest absolute Gasteiger partial charge is 0.329 e. The van der Waals surface area contributed by atoms with Gasteiger partial charge in [0.05, 0.1) is 47.3 Å². The number of alkyl halides is 2. The van der Waals surface area contributed by atoms with Gasteiger partial charge in [0.2, 0.25) is 11.8 Å². The highest BCUT2D eigenvalue weighted by Crippen LogP contribution is 2.36. The van der Waals surface area contributed by atoms with Gasteiger partial charge in [-0.2, -0.15) is 10.2 Å². The number of nitrogens with one attached hydrogen (secondary N) is 2. The molecule has 2 N–H and O–H groups in total. The predicted molar refractivity (Wildman–Crippen MR) is 232 cm³/mol. The summed E-state index contributed by atoms with van der Waals surface area (Å²) < 4.78 is 47.2. The van der Waals surface area contributed by atoms with Crippen LogP contribution in [-0.4, -0.2) is 114 Å². The van der Waals surface area contributed by atoms with E-state index in [1.807, 2.05) is 24.3 Å². The molecule has 5 aromatic rings. The molecule has 4 aliphatic heterocycles. The van der Waals surface area contributed by atoms with Crippen molar-refractivity contribution in [3.63, 3.8) is 0 Å². The highest BCUT2D eigenvalue weighted by Gasteiger charge is 2.36. The standard InChI is InChI=1S/C45H55F2N11O6/c1-53-40-28(4-2-6-35(40)58(45(53)62)36-13-14-38(59)51-44(36)61)5-3-21-63-30-15-18-54(19-16-30)23-27-7-9-29(10-8-27)57-26-34(39(52-57)41(46)47)49-43(60)33-22-48-56-20-17-37(50-42(33)56)55-24-31-11-12-32(25-55)64-31/h2,4,6,17,20,22,26-27,29-32,36,41H,3,5,7-16,18-19,21,23-25H2,1H3,(H,49,60)(H,51,59,61)/t27?,29?,31-,32+,36?. The lowest BCUT2D eigenvalue weighted by atomic mass is 9.85. The lowest BCUT2D eigenvalue weighted by molar-refractivity contribution is -0.135. The Bertz CT molecular complexity index is 2590.